The number of rotatable bonds is 7. The molecule has 0 aromatic heterocycles. The molecule has 1 atom stereocenters. The fourth-order valence-electron chi connectivity index (χ4n) is 6.28. The van der Waals surface area contributed by atoms with E-state index in [0.717, 1.165) is 55.7 Å². The summed E-state index contributed by atoms with van der Waals surface area (Å²) in [5.41, 5.74) is 3.12. The molecule has 0 N–H and O–H groups in total. The molecule has 2 aliphatic rings. The highest BCUT2D eigenvalue weighted by molar-refractivity contribution is 6.42. The summed E-state index contributed by atoms with van der Waals surface area (Å²) in [4.78, 5) is 31.5. The number of carbonyl (C=O) groups is 2. The fraction of sp³-hybridized carbons (Fsp3) is 0.375. The van der Waals surface area contributed by atoms with E-state index in [2.05, 4.69) is 4.90 Å². The van der Waals surface area contributed by atoms with Crippen LogP contribution in [0, 0.1) is 5.82 Å². The van der Waals surface area contributed by atoms with Gasteiger partial charge in [0.15, 0.2) is 0 Å². The number of anilines is 1. The number of nitrogens with zero attached hydrogens (tertiary/aromatic N) is 3. The number of likely N-dealkylation sites (tertiary alicyclic amines) is 1. The topological polar surface area (TPSA) is 43.9 Å². The molecule has 3 aromatic rings. The van der Waals surface area contributed by atoms with Crippen LogP contribution in [0.1, 0.15) is 53.6 Å². The summed E-state index contributed by atoms with van der Waals surface area (Å²) >= 11 is 18.7. The molecule has 41 heavy (non-hydrogen) atoms. The number of carbonyl (C=O) groups excluding carboxylic acids is 2. The highest BCUT2D eigenvalue weighted by Crippen LogP contribution is 2.47. The van der Waals surface area contributed by atoms with E-state index in [4.69, 9.17) is 34.8 Å². The van der Waals surface area contributed by atoms with Gasteiger partial charge in [0.05, 0.1) is 10.0 Å². The Morgan fingerprint density at radius 3 is 2.44 bits per heavy atom. The van der Waals surface area contributed by atoms with E-state index in [9.17, 15) is 14.0 Å². The van der Waals surface area contributed by atoms with Crippen LogP contribution in [0.3, 0.4) is 0 Å². The summed E-state index contributed by atoms with van der Waals surface area (Å²) in [6.07, 6.45) is 2.50. The SMILES string of the molecule is CC(=O)N1CC2(CCN(CC[C@H](CN(C)C(=O)c3cccc(Cl)c3)c3ccc(Cl)c(Cl)c3)CC2)c2cc(F)ccc21. The van der Waals surface area contributed by atoms with Crippen molar-refractivity contribution in [2.75, 3.05) is 44.7 Å². The average Bonchev–Trinajstić information content (AvgIpc) is 3.26. The molecule has 5 rings (SSSR count). The minimum atomic E-state index is -0.267. The van der Waals surface area contributed by atoms with Crippen LogP contribution in [0.5, 0.6) is 0 Å². The van der Waals surface area contributed by atoms with Crippen LogP contribution < -0.4 is 4.90 Å². The molecule has 1 fully saturated rings. The highest BCUT2D eigenvalue weighted by Gasteiger charge is 2.45. The summed E-state index contributed by atoms with van der Waals surface area (Å²) in [6.45, 7) is 5.17. The number of fused-ring (bicyclic) bond motifs is 2. The summed E-state index contributed by atoms with van der Waals surface area (Å²) < 4.78 is 14.3. The third-order valence-electron chi connectivity index (χ3n) is 8.60. The van der Waals surface area contributed by atoms with Gasteiger partial charge in [0.25, 0.3) is 5.91 Å². The molecule has 0 saturated carbocycles. The number of hydrogen-bond acceptors (Lipinski definition) is 3. The fourth-order valence-corrected chi connectivity index (χ4v) is 6.77. The largest absolute Gasteiger partial charge is 0.341 e. The van der Waals surface area contributed by atoms with E-state index in [0.29, 0.717) is 33.7 Å². The van der Waals surface area contributed by atoms with Gasteiger partial charge in [-0.3, -0.25) is 9.59 Å². The predicted octanol–water partition coefficient (Wildman–Crippen LogP) is 7.43. The number of piperidine rings is 1. The van der Waals surface area contributed by atoms with Gasteiger partial charge < -0.3 is 14.7 Å². The number of likely N-dealkylation sites (N-methyl/N-ethyl adjacent to an activating group) is 1. The Labute approximate surface area is 255 Å². The lowest BCUT2D eigenvalue weighted by atomic mass is 9.74. The molecule has 216 valence electrons. The summed E-state index contributed by atoms with van der Waals surface area (Å²) in [5, 5.41) is 1.50. The van der Waals surface area contributed by atoms with Crippen LogP contribution in [0.2, 0.25) is 15.1 Å². The third-order valence-corrected chi connectivity index (χ3v) is 9.57. The van der Waals surface area contributed by atoms with Gasteiger partial charge in [-0.2, -0.15) is 0 Å². The van der Waals surface area contributed by atoms with E-state index in [1.165, 1.54) is 6.07 Å². The monoisotopic (exact) mass is 615 g/mol. The summed E-state index contributed by atoms with van der Waals surface area (Å²) in [6, 6.07) is 17.4. The van der Waals surface area contributed by atoms with Crippen molar-refractivity contribution in [3.8, 4) is 0 Å². The Hall–Kier alpha value is -2.64. The first-order valence-electron chi connectivity index (χ1n) is 13.8. The third kappa shape index (κ3) is 6.41. The molecule has 2 aliphatic heterocycles. The quantitative estimate of drug-likeness (QED) is 0.277. The van der Waals surface area contributed by atoms with Gasteiger partial charge in [0.1, 0.15) is 5.82 Å². The first-order chi connectivity index (χ1) is 19.6. The van der Waals surface area contributed by atoms with Crippen LogP contribution in [0.25, 0.3) is 0 Å². The van der Waals surface area contributed by atoms with Gasteiger partial charge in [-0.25, -0.2) is 4.39 Å². The molecule has 0 bridgehead atoms. The maximum atomic E-state index is 14.3. The van der Waals surface area contributed by atoms with Crippen molar-refractivity contribution in [3.05, 3.63) is 98.2 Å². The second-order valence-electron chi connectivity index (χ2n) is 11.2. The van der Waals surface area contributed by atoms with Crippen molar-refractivity contribution < 1.29 is 14.0 Å². The molecule has 5 nitrogen and oxygen atoms in total. The minimum Gasteiger partial charge on any atom is -0.341 e. The van der Waals surface area contributed by atoms with Gasteiger partial charge in [0.2, 0.25) is 5.91 Å². The number of halogens is 4. The Morgan fingerprint density at radius 2 is 1.76 bits per heavy atom. The standard InChI is InChI=1S/C32H33Cl3FN3O2/c1-21(40)39-20-32(27-18-26(36)7-9-30(27)39)11-14-38(15-12-32)13-10-24(22-6-8-28(34)29(35)17-22)19-37(2)31(41)23-4-3-5-25(33)16-23/h3-9,16-18,24H,10-15,19-20H2,1-2H3/t24-/m1/s1. The predicted molar refractivity (Wildman–Crippen MR) is 164 cm³/mol. The maximum absolute atomic E-state index is 14.3. The molecular formula is C32H33Cl3FN3O2. The number of benzene rings is 3. The smallest absolute Gasteiger partial charge is 0.253 e. The average molecular weight is 617 g/mol. The summed E-state index contributed by atoms with van der Waals surface area (Å²) in [5.74, 6) is -0.349. The van der Waals surface area contributed by atoms with Crippen LogP contribution in [-0.2, 0) is 10.2 Å². The van der Waals surface area contributed by atoms with Crippen LogP contribution in [-0.4, -0.2) is 61.4 Å². The zero-order valence-electron chi connectivity index (χ0n) is 23.2. The van der Waals surface area contributed by atoms with Gasteiger partial charge in [-0.1, -0.05) is 46.9 Å². The molecular weight excluding hydrogens is 584 g/mol. The van der Waals surface area contributed by atoms with Gasteiger partial charge in [-0.05, 0) is 98.6 Å². The van der Waals surface area contributed by atoms with Crippen molar-refractivity contribution in [1.82, 2.24) is 9.80 Å². The van der Waals surface area contributed by atoms with Crippen molar-refractivity contribution >= 4 is 52.3 Å². The molecule has 0 radical (unpaired) electrons. The van der Waals surface area contributed by atoms with Crippen molar-refractivity contribution in [2.45, 2.75) is 37.5 Å². The van der Waals surface area contributed by atoms with Crippen LogP contribution in [0.15, 0.2) is 60.7 Å². The molecule has 2 amide bonds. The molecule has 2 heterocycles. The Bertz CT molecular complexity index is 1460. The second kappa shape index (κ2) is 12.3. The second-order valence-corrected chi connectivity index (χ2v) is 12.5. The van der Waals surface area contributed by atoms with E-state index in [1.807, 2.05) is 12.1 Å². The van der Waals surface area contributed by atoms with Crippen molar-refractivity contribution in [3.63, 3.8) is 0 Å². The van der Waals surface area contributed by atoms with Crippen molar-refractivity contribution in [2.24, 2.45) is 0 Å². The lowest BCUT2D eigenvalue weighted by Gasteiger charge is -2.40. The molecule has 0 unspecified atom stereocenters. The van der Waals surface area contributed by atoms with Crippen molar-refractivity contribution in [1.29, 1.82) is 0 Å². The molecule has 1 saturated heterocycles. The van der Waals surface area contributed by atoms with Crippen LogP contribution in [0.4, 0.5) is 10.1 Å². The first-order valence-corrected chi connectivity index (χ1v) is 15.0. The zero-order valence-corrected chi connectivity index (χ0v) is 25.4. The molecule has 0 aliphatic carbocycles. The Kier molecular flexibility index (Phi) is 8.95. The normalized spacial score (nSPS) is 17.0. The molecule has 9 heteroatoms. The van der Waals surface area contributed by atoms with E-state index < -0.39 is 0 Å². The Morgan fingerprint density at radius 1 is 1.00 bits per heavy atom. The lowest BCUT2D eigenvalue weighted by molar-refractivity contribution is -0.116. The number of amides is 2. The highest BCUT2D eigenvalue weighted by atomic mass is 35.5. The van der Waals surface area contributed by atoms with E-state index in [-0.39, 0.29) is 29.0 Å². The maximum Gasteiger partial charge on any atom is 0.253 e. The number of hydrogen-bond donors (Lipinski definition) is 0. The molecule has 3 aromatic carbocycles. The minimum absolute atomic E-state index is 0.0157. The summed E-state index contributed by atoms with van der Waals surface area (Å²) in [7, 11) is 1.80. The van der Waals surface area contributed by atoms with Gasteiger partial charge in [-0.15, -0.1) is 0 Å². The van der Waals surface area contributed by atoms with Gasteiger partial charge >= 0.3 is 0 Å². The van der Waals surface area contributed by atoms with E-state index >= 15 is 0 Å². The van der Waals surface area contributed by atoms with Crippen LogP contribution >= 0.6 is 34.8 Å². The first kappa shape index (κ1) is 29.8. The lowest BCUT2D eigenvalue weighted by Crippen LogP contribution is -2.46. The van der Waals surface area contributed by atoms with Gasteiger partial charge in [0, 0.05) is 54.7 Å². The Balaban J connectivity index is 1.28. The zero-order chi connectivity index (χ0) is 29.3. The molecule has 1 spiro atoms. The van der Waals surface area contributed by atoms with E-state index in [1.54, 1.807) is 66.2 Å².